The summed E-state index contributed by atoms with van der Waals surface area (Å²) in [5.41, 5.74) is 2.98. The Morgan fingerprint density at radius 2 is 1.82 bits per heavy atom. The van der Waals surface area contributed by atoms with Crippen LogP contribution in [0.25, 0.3) is 0 Å². The van der Waals surface area contributed by atoms with Crippen LogP contribution in [0.4, 0.5) is 5.69 Å². The van der Waals surface area contributed by atoms with E-state index in [1.54, 1.807) is 48.7 Å². The number of rotatable bonds is 4. The van der Waals surface area contributed by atoms with E-state index in [1.807, 2.05) is 24.3 Å². The number of anilines is 1. The van der Waals surface area contributed by atoms with E-state index in [4.69, 9.17) is 0 Å². The first-order valence-electron chi connectivity index (χ1n) is 8.50. The molecule has 0 saturated carbocycles. The smallest absolute Gasteiger partial charge is 0.255 e. The fourth-order valence-corrected chi connectivity index (χ4v) is 3.34. The van der Waals surface area contributed by atoms with Crippen LogP contribution in [0.2, 0.25) is 0 Å². The molecule has 0 aliphatic rings. The molecular weight excluding hydrogens is 372 g/mol. The van der Waals surface area contributed by atoms with Crippen LogP contribution in [0.15, 0.2) is 72.9 Å². The third-order valence-electron chi connectivity index (χ3n) is 3.74. The summed E-state index contributed by atoms with van der Waals surface area (Å²) >= 11 is 0. The number of carbonyl (C=O) groups is 1. The van der Waals surface area contributed by atoms with Gasteiger partial charge >= 0.3 is 0 Å². The van der Waals surface area contributed by atoms with Gasteiger partial charge in [-0.1, -0.05) is 30.2 Å². The summed E-state index contributed by atoms with van der Waals surface area (Å²) in [5, 5.41) is 2.82. The Labute approximate surface area is 164 Å². The lowest BCUT2D eigenvalue weighted by Gasteiger charge is -2.07. The van der Waals surface area contributed by atoms with Gasteiger partial charge < -0.3 is 5.32 Å². The lowest BCUT2D eigenvalue weighted by Crippen LogP contribution is -2.12. The van der Waals surface area contributed by atoms with Crippen molar-refractivity contribution < 1.29 is 13.2 Å². The summed E-state index contributed by atoms with van der Waals surface area (Å²) in [4.78, 5) is 16.7. The molecule has 0 atom stereocenters. The van der Waals surface area contributed by atoms with Crippen LogP contribution in [0.1, 0.15) is 27.2 Å². The molecule has 6 heteroatoms. The Morgan fingerprint density at radius 1 is 1.00 bits per heavy atom. The maximum absolute atomic E-state index is 12.5. The van der Waals surface area contributed by atoms with Crippen LogP contribution < -0.4 is 5.32 Å². The predicted octanol–water partition coefficient (Wildman–Crippen LogP) is 3.28. The second kappa shape index (κ2) is 8.51. The van der Waals surface area contributed by atoms with Crippen molar-refractivity contribution in [2.75, 3.05) is 11.6 Å². The molecule has 140 valence electrons. The van der Waals surface area contributed by atoms with E-state index in [-0.39, 0.29) is 11.7 Å². The van der Waals surface area contributed by atoms with Crippen LogP contribution in [-0.4, -0.2) is 25.6 Å². The SMILES string of the molecule is CS(=O)(=O)Cc1cccc(C(=O)Nc2cccc(C#Cc3ccccn3)c2)c1. The zero-order valence-electron chi connectivity index (χ0n) is 15.2. The Bertz CT molecular complexity index is 1160. The van der Waals surface area contributed by atoms with Gasteiger partial charge in [-0.2, -0.15) is 0 Å². The highest BCUT2D eigenvalue weighted by atomic mass is 32.2. The van der Waals surface area contributed by atoms with Crippen molar-refractivity contribution in [1.82, 2.24) is 4.98 Å². The number of pyridine rings is 1. The zero-order valence-corrected chi connectivity index (χ0v) is 16.0. The molecule has 0 spiro atoms. The molecule has 0 saturated heterocycles. The number of carbonyl (C=O) groups excluding carboxylic acids is 1. The lowest BCUT2D eigenvalue weighted by atomic mass is 10.1. The third-order valence-corrected chi connectivity index (χ3v) is 4.60. The Balaban J connectivity index is 1.75. The molecular formula is C22H18N2O3S. The van der Waals surface area contributed by atoms with Crippen LogP contribution >= 0.6 is 0 Å². The number of nitrogens with one attached hydrogen (secondary N) is 1. The van der Waals surface area contributed by atoms with Crippen molar-refractivity contribution in [2.45, 2.75) is 5.75 Å². The molecule has 3 rings (SSSR count). The summed E-state index contributed by atoms with van der Waals surface area (Å²) in [5.74, 6) is 5.57. The maximum atomic E-state index is 12.5. The largest absolute Gasteiger partial charge is 0.322 e. The van der Waals surface area contributed by atoms with Crippen molar-refractivity contribution in [1.29, 1.82) is 0 Å². The number of hydrogen-bond donors (Lipinski definition) is 1. The summed E-state index contributed by atoms with van der Waals surface area (Å²) in [6.45, 7) is 0. The van der Waals surface area contributed by atoms with E-state index < -0.39 is 9.84 Å². The molecule has 5 nitrogen and oxygen atoms in total. The van der Waals surface area contributed by atoms with E-state index >= 15 is 0 Å². The molecule has 1 aromatic heterocycles. The molecule has 3 aromatic rings. The number of benzene rings is 2. The van der Waals surface area contributed by atoms with Gasteiger partial charge in [-0.05, 0) is 53.9 Å². The molecule has 1 amide bonds. The monoisotopic (exact) mass is 390 g/mol. The van der Waals surface area contributed by atoms with Gasteiger partial charge in [0.25, 0.3) is 5.91 Å². The molecule has 2 aromatic carbocycles. The quantitative estimate of drug-likeness (QED) is 0.694. The molecule has 1 N–H and O–H groups in total. The first-order valence-corrected chi connectivity index (χ1v) is 10.6. The highest BCUT2D eigenvalue weighted by molar-refractivity contribution is 7.89. The van der Waals surface area contributed by atoms with E-state index in [9.17, 15) is 13.2 Å². The van der Waals surface area contributed by atoms with E-state index in [1.165, 1.54) is 0 Å². The summed E-state index contributed by atoms with van der Waals surface area (Å²) < 4.78 is 22.9. The minimum Gasteiger partial charge on any atom is -0.322 e. The minimum atomic E-state index is -3.17. The van der Waals surface area contributed by atoms with Crippen LogP contribution in [-0.2, 0) is 15.6 Å². The molecule has 0 fully saturated rings. The lowest BCUT2D eigenvalue weighted by molar-refractivity contribution is 0.102. The number of amides is 1. The summed E-state index contributed by atoms with van der Waals surface area (Å²) in [7, 11) is -3.17. The predicted molar refractivity (Wildman–Crippen MR) is 110 cm³/mol. The maximum Gasteiger partial charge on any atom is 0.255 e. The number of hydrogen-bond acceptors (Lipinski definition) is 4. The van der Waals surface area contributed by atoms with Crippen molar-refractivity contribution in [2.24, 2.45) is 0 Å². The van der Waals surface area contributed by atoms with E-state index in [0.29, 0.717) is 22.5 Å². The first-order chi connectivity index (χ1) is 13.4. The topological polar surface area (TPSA) is 76.1 Å². The zero-order chi connectivity index (χ0) is 20.0. The second-order valence-electron chi connectivity index (χ2n) is 6.27. The van der Waals surface area contributed by atoms with Gasteiger partial charge in [0.1, 0.15) is 5.69 Å². The van der Waals surface area contributed by atoms with E-state index in [0.717, 1.165) is 11.8 Å². The highest BCUT2D eigenvalue weighted by Crippen LogP contribution is 2.14. The molecule has 1 heterocycles. The minimum absolute atomic E-state index is 0.104. The van der Waals surface area contributed by atoms with Crippen molar-refractivity contribution in [3.05, 3.63) is 95.3 Å². The van der Waals surface area contributed by atoms with Gasteiger partial charge in [-0.25, -0.2) is 13.4 Å². The van der Waals surface area contributed by atoms with Crippen LogP contribution in [0.3, 0.4) is 0 Å². The van der Waals surface area contributed by atoms with Gasteiger partial charge in [0.05, 0.1) is 5.75 Å². The standard InChI is InChI=1S/C22H18N2O3S/c1-28(26,27)16-18-7-4-8-19(14-18)22(25)24-21-10-5-6-17(15-21)11-12-20-9-2-3-13-23-20/h2-10,13-15H,16H2,1H3,(H,24,25). The first kappa shape index (κ1) is 19.3. The number of nitrogens with zero attached hydrogens (tertiary/aromatic N) is 1. The van der Waals surface area contributed by atoms with Gasteiger partial charge in [-0.3, -0.25) is 4.79 Å². The van der Waals surface area contributed by atoms with Crippen molar-refractivity contribution in [3.8, 4) is 11.8 Å². The van der Waals surface area contributed by atoms with Crippen LogP contribution in [0, 0.1) is 11.8 Å². The Morgan fingerprint density at radius 3 is 2.57 bits per heavy atom. The third kappa shape index (κ3) is 5.79. The van der Waals surface area contributed by atoms with Crippen molar-refractivity contribution >= 4 is 21.4 Å². The average Bonchev–Trinajstić information content (AvgIpc) is 2.66. The Kier molecular flexibility index (Phi) is 5.87. The Hall–Kier alpha value is -3.43. The number of sulfone groups is 1. The average molecular weight is 390 g/mol. The molecule has 0 unspecified atom stereocenters. The summed E-state index contributed by atoms with van der Waals surface area (Å²) in [6, 6.07) is 19.3. The molecule has 0 aliphatic heterocycles. The number of aromatic nitrogens is 1. The van der Waals surface area contributed by atoms with Gasteiger partial charge in [-0.15, -0.1) is 0 Å². The van der Waals surface area contributed by atoms with Gasteiger partial charge in [0.15, 0.2) is 9.84 Å². The second-order valence-corrected chi connectivity index (χ2v) is 8.41. The summed E-state index contributed by atoms with van der Waals surface area (Å²) in [6.07, 6.45) is 2.84. The molecule has 28 heavy (non-hydrogen) atoms. The highest BCUT2D eigenvalue weighted by Gasteiger charge is 2.10. The fourth-order valence-electron chi connectivity index (χ4n) is 2.56. The van der Waals surface area contributed by atoms with Gasteiger partial charge in [0, 0.05) is 29.3 Å². The van der Waals surface area contributed by atoms with Crippen LogP contribution in [0.5, 0.6) is 0 Å². The molecule has 0 aliphatic carbocycles. The molecule has 0 radical (unpaired) electrons. The normalized spacial score (nSPS) is 10.6. The van der Waals surface area contributed by atoms with Gasteiger partial charge in [0.2, 0.25) is 0 Å². The van der Waals surface area contributed by atoms with E-state index in [2.05, 4.69) is 22.1 Å². The fraction of sp³-hybridized carbons (Fsp3) is 0.0909. The molecule has 0 bridgehead atoms. The van der Waals surface area contributed by atoms with Crippen molar-refractivity contribution in [3.63, 3.8) is 0 Å².